The van der Waals surface area contributed by atoms with Crippen molar-refractivity contribution in [3.05, 3.63) is 59.7 Å². The Balaban J connectivity index is 1.42. The van der Waals surface area contributed by atoms with Gasteiger partial charge >= 0.3 is 5.97 Å². The van der Waals surface area contributed by atoms with E-state index >= 15 is 0 Å². The van der Waals surface area contributed by atoms with Crippen molar-refractivity contribution in [2.24, 2.45) is 0 Å². The normalized spacial score (nSPS) is 12.8. The second-order valence-electron chi connectivity index (χ2n) is 6.09. The summed E-state index contributed by atoms with van der Waals surface area (Å²) in [6, 6.07) is 14.1. The Kier molecular flexibility index (Phi) is 6.11. The number of fused-ring (bicyclic) bond motifs is 1. The number of carbonyl (C=O) groups excluding carboxylic acids is 3. The number of esters is 1. The molecule has 0 fully saturated rings. The van der Waals surface area contributed by atoms with Crippen LogP contribution in [0.4, 0.5) is 0 Å². The van der Waals surface area contributed by atoms with Crippen LogP contribution >= 0.6 is 0 Å². The van der Waals surface area contributed by atoms with Crippen LogP contribution in [0.15, 0.2) is 48.5 Å². The molecule has 1 atom stereocenters. The van der Waals surface area contributed by atoms with Crippen molar-refractivity contribution in [2.45, 2.75) is 19.6 Å². The van der Waals surface area contributed by atoms with E-state index in [4.69, 9.17) is 14.2 Å². The van der Waals surface area contributed by atoms with E-state index < -0.39 is 23.9 Å². The summed E-state index contributed by atoms with van der Waals surface area (Å²) in [5.41, 5.74) is 1.26. The number of benzene rings is 2. The van der Waals surface area contributed by atoms with Gasteiger partial charge in [0.25, 0.3) is 11.8 Å². The summed E-state index contributed by atoms with van der Waals surface area (Å²) in [5, 5.41) is 5.14. The van der Waals surface area contributed by atoms with E-state index in [1.54, 1.807) is 12.1 Å². The van der Waals surface area contributed by atoms with Crippen molar-refractivity contribution in [3.63, 3.8) is 0 Å². The summed E-state index contributed by atoms with van der Waals surface area (Å²) in [7, 11) is 0. The molecule has 28 heavy (non-hydrogen) atoms. The van der Waals surface area contributed by atoms with Gasteiger partial charge in [-0.15, -0.1) is 0 Å². The molecule has 2 amide bonds. The molecule has 2 aromatic rings. The standard InChI is InChI=1S/C20H20N2O6/c1-13(19(24)21-10-14-5-3-2-4-6-14)28-18(23)11-22-20(25)15-7-8-16-17(9-15)27-12-26-16/h2-9,13H,10-12H2,1H3,(H,21,24)(H,22,25)/t13-/m1/s1. The van der Waals surface area contributed by atoms with Gasteiger partial charge in [-0.25, -0.2) is 0 Å². The van der Waals surface area contributed by atoms with Gasteiger partial charge in [0.1, 0.15) is 6.54 Å². The fourth-order valence-corrected chi connectivity index (χ4v) is 2.51. The highest BCUT2D eigenvalue weighted by Gasteiger charge is 2.19. The van der Waals surface area contributed by atoms with Gasteiger partial charge < -0.3 is 24.8 Å². The molecule has 8 nitrogen and oxygen atoms in total. The van der Waals surface area contributed by atoms with Crippen LogP contribution in [-0.2, 0) is 20.9 Å². The van der Waals surface area contributed by atoms with Crippen LogP contribution in [-0.4, -0.2) is 37.2 Å². The number of carbonyl (C=O) groups is 3. The molecule has 0 unspecified atom stereocenters. The number of hydrogen-bond acceptors (Lipinski definition) is 6. The molecule has 2 aromatic carbocycles. The van der Waals surface area contributed by atoms with Crippen LogP contribution in [0.5, 0.6) is 11.5 Å². The van der Waals surface area contributed by atoms with Crippen LogP contribution in [0.1, 0.15) is 22.8 Å². The van der Waals surface area contributed by atoms with Crippen molar-refractivity contribution < 1.29 is 28.6 Å². The van der Waals surface area contributed by atoms with Crippen molar-refractivity contribution >= 4 is 17.8 Å². The van der Waals surface area contributed by atoms with Crippen LogP contribution in [0.2, 0.25) is 0 Å². The molecule has 0 radical (unpaired) electrons. The summed E-state index contributed by atoms with van der Waals surface area (Å²) in [4.78, 5) is 36.0. The second-order valence-corrected chi connectivity index (χ2v) is 6.09. The maximum atomic E-state index is 12.1. The average Bonchev–Trinajstić information content (AvgIpc) is 3.18. The number of rotatable bonds is 7. The largest absolute Gasteiger partial charge is 0.454 e. The number of ether oxygens (including phenoxy) is 3. The molecule has 0 bridgehead atoms. The molecule has 0 aromatic heterocycles. The van der Waals surface area contributed by atoms with Gasteiger partial charge in [-0.2, -0.15) is 0 Å². The Labute approximate surface area is 161 Å². The van der Waals surface area contributed by atoms with Gasteiger partial charge in [0, 0.05) is 12.1 Å². The van der Waals surface area contributed by atoms with Crippen LogP contribution in [0.25, 0.3) is 0 Å². The monoisotopic (exact) mass is 384 g/mol. The van der Waals surface area contributed by atoms with Crippen molar-refractivity contribution in [1.82, 2.24) is 10.6 Å². The van der Waals surface area contributed by atoms with Crippen molar-refractivity contribution in [2.75, 3.05) is 13.3 Å². The summed E-state index contributed by atoms with van der Waals surface area (Å²) in [6.07, 6.45) is -0.973. The van der Waals surface area contributed by atoms with Gasteiger partial charge in [-0.1, -0.05) is 30.3 Å². The first-order chi connectivity index (χ1) is 13.5. The minimum Gasteiger partial charge on any atom is -0.454 e. The van der Waals surface area contributed by atoms with Gasteiger partial charge in [-0.3, -0.25) is 14.4 Å². The van der Waals surface area contributed by atoms with Crippen LogP contribution < -0.4 is 20.1 Å². The number of nitrogens with one attached hydrogen (secondary N) is 2. The molecule has 2 N–H and O–H groups in total. The molecule has 1 aliphatic rings. The van der Waals surface area contributed by atoms with E-state index in [9.17, 15) is 14.4 Å². The third-order valence-corrected chi connectivity index (χ3v) is 4.02. The average molecular weight is 384 g/mol. The smallest absolute Gasteiger partial charge is 0.326 e. The van der Waals surface area contributed by atoms with E-state index in [0.29, 0.717) is 23.6 Å². The zero-order valence-electron chi connectivity index (χ0n) is 15.3. The zero-order chi connectivity index (χ0) is 19.9. The quantitative estimate of drug-likeness (QED) is 0.700. The first-order valence-electron chi connectivity index (χ1n) is 8.72. The van der Waals surface area contributed by atoms with Gasteiger partial charge in [-0.05, 0) is 30.7 Å². The fourth-order valence-electron chi connectivity index (χ4n) is 2.51. The highest BCUT2D eigenvalue weighted by Crippen LogP contribution is 2.32. The molecule has 3 rings (SSSR count). The van der Waals surface area contributed by atoms with E-state index in [2.05, 4.69) is 10.6 Å². The van der Waals surface area contributed by atoms with E-state index in [0.717, 1.165) is 5.56 Å². The molecular formula is C20H20N2O6. The first kappa shape index (κ1) is 19.2. The molecule has 0 aliphatic carbocycles. The fraction of sp³-hybridized carbons (Fsp3) is 0.250. The Morgan fingerprint density at radius 2 is 1.79 bits per heavy atom. The molecule has 0 saturated carbocycles. The lowest BCUT2D eigenvalue weighted by Gasteiger charge is -2.14. The Morgan fingerprint density at radius 3 is 2.57 bits per heavy atom. The lowest BCUT2D eigenvalue weighted by atomic mass is 10.2. The molecule has 1 heterocycles. The summed E-state index contributed by atoms with van der Waals surface area (Å²) in [6.45, 7) is 1.56. The number of hydrogen-bond donors (Lipinski definition) is 2. The summed E-state index contributed by atoms with van der Waals surface area (Å²) in [5.74, 6) is -0.558. The van der Waals surface area contributed by atoms with Gasteiger partial charge in [0.15, 0.2) is 17.6 Å². The van der Waals surface area contributed by atoms with Crippen LogP contribution in [0.3, 0.4) is 0 Å². The third kappa shape index (κ3) is 5.00. The lowest BCUT2D eigenvalue weighted by Crippen LogP contribution is -2.38. The van der Waals surface area contributed by atoms with Gasteiger partial charge in [0.2, 0.25) is 6.79 Å². The zero-order valence-corrected chi connectivity index (χ0v) is 15.3. The van der Waals surface area contributed by atoms with E-state index in [1.807, 2.05) is 30.3 Å². The highest BCUT2D eigenvalue weighted by atomic mass is 16.7. The molecular weight excluding hydrogens is 364 g/mol. The molecule has 146 valence electrons. The predicted octanol–water partition coefficient (Wildman–Crippen LogP) is 1.39. The SMILES string of the molecule is C[C@@H](OC(=O)CNC(=O)c1ccc2c(c1)OCO2)C(=O)NCc1ccccc1. The topological polar surface area (TPSA) is 103 Å². The van der Waals surface area contributed by atoms with Crippen molar-refractivity contribution in [1.29, 1.82) is 0 Å². The predicted molar refractivity (Wildman–Crippen MR) is 98.7 cm³/mol. The van der Waals surface area contributed by atoms with Gasteiger partial charge in [0.05, 0.1) is 0 Å². The molecule has 0 spiro atoms. The highest BCUT2D eigenvalue weighted by molar-refractivity contribution is 5.96. The maximum Gasteiger partial charge on any atom is 0.326 e. The minimum atomic E-state index is -0.973. The van der Waals surface area contributed by atoms with Crippen LogP contribution in [0, 0.1) is 0 Å². The molecule has 1 aliphatic heterocycles. The first-order valence-corrected chi connectivity index (χ1v) is 8.72. The lowest BCUT2D eigenvalue weighted by molar-refractivity contribution is -0.153. The van der Waals surface area contributed by atoms with E-state index in [1.165, 1.54) is 13.0 Å². The van der Waals surface area contributed by atoms with E-state index in [-0.39, 0.29) is 13.3 Å². The Hall–Kier alpha value is -3.55. The summed E-state index contributed by atoms with van der Waals surface area (Å²) < 4.78 is 15.4. The Morgan fingerprint density at radius 1 is 1.04 bits per heavy atom. The maximum absolute atomic E-state index is 12.1. The van der Waals surface area contributed by atoms with Crippen molar-refractivity contribution in [3.8, 4) is 11.5 Å². The number of amides is 2. The molecule has 0 saturated heterocycles. The second kappa shape index (κ2) is 8.90. The summed E-state index contributed by atoms with van der Waals surface area (Å²) >= 11 is 0. The Bertz CT molecular complexity index is 868. The minimum absolute atomic E-state index is 0.108. The molecule has 8 heteroatoms. The third-order valence-electron chi connectivity index (χ3n) is 4.02.